The van der Waals surface area contributed by atoms with Gasteiger partial charge in [0.2, 0.25) is 0 Å². The third-order valence-electron chi connectivity index (χ3n) is 5.69. The average molecular weight is 420 g/mol. The van der Waals surface area contributed by atoms with Gasteiger partial charge in [-0.2, -0.15) is 5.10 Å². The summed E-state index contributed by atoms with van der Waals surface area (Å²) in [6.07, 6.45) is 3.13. The third-order valence-corrected chi connectivity index (χ3v) is 5.69. The van der Waals surface area contributed by atoms with E-state index in [9.17, 15) is 9.50 Å². The number of hydrogen-bond acceptors (Lipinski definition) is 3. The molecule has 5 nitrogen and oxygen atoms in total. The molecular weight excluding hydrogens is 403 g/mol. The molecule has 0 aliphatic carbocycles. The number of rotatable bonds is 3. The summed E-state index contributed by atoms with van der Waals surface area (Å²) in [6.45, 7) is 0. The average Bonchev–Trinajstić information content (AvgIpc) is 3.43. The van der Waals surface area contributed by atoms with Gasteiger partial charge in [0.05, 0.1) is 17.4 Å². The van der Waals surface area contributed by atoms with Gasteiger partial charge in [-0.1, -0.05) is 30.3 Å². The van der Waals surface area contributed by atoms with Gasteiger partial charge in [0.25, 0.3) is 0 Å². The maximum absolute atomic E-state index is 13.4. The molecule has 0 radical (unpaired) electrons. The number of benzene rings is 3. The highest BCUT2D eigenvalue weighted by molar-refractivity contribution is 6.01. The maximum atomic E-state index is 13.4. The number of H-pyrrole nitrogens is 2. The number of halogens is 1. The molecule has 0 atom stereocenters. The lowest BCUT2D eigenvalue weighted by molar-refractivity contribution is 0.473. The fourth-order valence-electron chi connectivity index (χ4n) is 4.15. The Morgan fingerprint density at radius 2 is 1.59 bits per heavy atom. The van der Waals surface area contributed by atoms with Gasteiger partial charge < -0.3 is 10.1 Å². The third kappa shape index (κ3) is 3.01. The zero-order valence-corrected chi connectivity index (χ0v) is 16.8. The number of hydrogen-bond donors (Lipinski definition) is 3. The molecular formula is C26H17FN4O. The summed E-state index contributed by atoms with van der Waals surface area (Å²) >= 11 is 0. The van der Waals surface area contributed by atoms with E-state index in [1.165, 1.54) is 18.3 Å². The highest BCUT2D eigenvalue weighted by Crippen LogP contribution is 2.35. The first-order valence-corrected chi connectivity index (χ1v) is 10.2. The van der Waals surface area contributed by atoms with Crippen molar-refractivity contribution in [2.45, 2.75) is 0 Å². The van der Waals surface area contributed by atoms with Crippen LogP contribution < -0.4 is 0 Å². The number of fused-ring (bicyclic) bond motifs is 2. The molecule has 32 heavy (non-hydrogen) atoms. The van der Waals surface area contributed by atoms with E-state index in [4.69, 9.17) is 0 Å². The maximum Gasteiger partial charge on any atom is 0.134 e. The largest absolute Gasteiger partial charge is 0.506 e. The van der Waals surface area contributed by atoms with Crippen molar-refractivity contribution in [3.05, 3.63) is 91.0 Å². The highest BCUT2D eigenvalue weighted by Gasteiger charge is 2.14. The lowest BCUT2D eigenvalue weighted by Gasteiger charge is -2.03. The number of aromatic amines is 2. The Morgan fingerprint density at radius 1 is 0.750 bits per heavy atom. The van der Waals surface area contributed by atoms with E-state index in [0.29, 0.717) is 0 Å². The predicted molar refractivity (Wildman–Crippen MR) is 124 cm³/mol. The quantitative estimate of drug-likeness (QED) is 0.315. The van der Waals surface area contributed by atoms with Crippen LogP contribution in [0.2, 0.25) is 0 Å². The minimum Gasteiger partial charge on any atom is -0.506 e. The van der Waals surface area contributed by atoms with Crippen molar-refractivity contribution in [1.29, 1.82) is 0 Å². The first-order chi connectivity index (χ1) is 15.7. The van der Waals surface area contributed by atoms with Crippen LogP contribution in [0, 0.1) is 5.82 Å². The van der Waals surface area contributed by atoms with Gasteiger partial charge in [-0.05, 0) is 59.2 Å². The van der Waals surface area contributed by atoms with E-state index in [0.717, 1.165) is 55.4 Å². The topological polar surface area (TPSA) is 77.6 Å². The van der Waals surface area contributed by atoms with E-state index in [1.54, 1.807) is 24.4 Å². The van der Waals surface area contributed by atoms with Crippen LogP contribution in [0.15, 0.2) is 85.2 Å². The Hall–Kier alpha value is -4.45. The van der Waals surface area contributed by atoms with Crippen molar-refractivity contribution in [2.24, 2.45) is 0 Å². The standard InChI is InChI=1S/C26H17FN4O/c27-18-7-4-15(5-8-18)20-2-1-3-23-21(20)12-25(29-23)26-22-11-16(6-9-24(22)30-31-26)17-10-19(32)14-28-13-17/h1-14,29,32H,(H,30,31). The van der Waals surface area contributed by atoms with E-state index >= 15 is 0 Å². The van der Waals surface area contributed by atoms with Crippen molar-refractivity contribution in [3.63, 3.8) is 0 Å². The van der Waals surface area contributed by atoms with E-state index in [2.05, 4.69) is 26.2 Å². The molecule has 6 rings (SSSR count). The summed E-state index contributed by atoms with van der Waals surface area (Å²) in [7, 11) is 0. The van der Waals surface area contributed by atoms with Crippen molar-refractivity contribution < 1.29 is 9.50 Å². The minimum absolute atomic E-state index is 0.124. The van der Waals surface area contributed by atoms with Gasteiger partial charge in [-0.25, -0.2) is 4.39 Å². The molecule has 0 bridgehead atoms. The van der Waals surface area contributed by atoms with Gasteiger partial charge in [-0.3, -0.25) is 10.1 Å². The lowest BCUT2D eigenvalue weighted by atomic mass is 10.0. The molecule has 3 aromatic heterocycles. The normalized spacial score (nSPS) is 11.4. The summed E-state index contributed by atoms with van der Waals surface area (Å²) in [4.78, 5) is 7.55. The van der Waals surface area contributed by atoms with E-state index < -0.39 is 0 Å². The van der Waals surface area contributed by atoms with Crippen molar-refractivity contribution in [3.8, 4) is 39.4 Å². The minimum atomic E-state index is -0.253. The molecule has 0 unspecified atom stereocenters. The highest BCUT2D eigenvalue weighted by atomic mass is 19.1. The molecule has 3 N–H and O–H groups in total. The smallest absolute Gasteiger partial charge is 0.134 e. The summed E-state index contributed by atoms with van der Waals surface area (Å²) in [5.74, 6) is -0.129. The van der Waals surface area contributed by atoms with Gasteiger partial charge in [0, 0.05) is 28.0 Å². The molecule has 0 aliphatic rings. The lowest BCUT2D eigenvalue weighted by Crippen LogP contribution is -1.81. The van der Waals surface area contributed by atoms with Crippen LogP contribution >= 0.6 is 0 Å². The molecule has 154 valence electrons. The Bertz CT molecular complexity index is 1600. The molecule has 3 aromatic carbocycles. The number of nitrogens with zero attached hydrogens (tertiary/aromatic N) is 2. The first kappa shape index (κ1) is 18.3. The van der Waals surface area contributed by atoms with Crippen molar-refractivity contribution in [1.82, 2.24) is 20.2 Å². The molecule has 0 fully saturated rings. The number of nitrogens with one attached hydrogen (secondary N) is 2. The number of aromatic hydroxyl groups is 1. The molecule has 0 saturated carbocycles. The van der Waals surface area contributed by atoms with Crippen LogP contribution in [0.5, 0.6) is 5.75 Å². The molecule has 6 aromatic rings. The van der Waals surface area contributed by atoms with Crippen molar-refractivity contribution >= 4 is 21.8 Å². The number of aromatic nitrogens is 4. The van der Waals surface area contributed by atoms with E-state index in [1.807, 2.05) is 36.4 Å². The molecule has 0 aliphatic heterocycles. The van der Waals surface area contributed by atoms with Crippen molar-refractivity contribution in [2.75, 3.05) is 0 Å². The Labute approximate surface area is 182 Å². The second kappa shape index (κ2) is 7.06. The molecule has 3 heterocycles. The van der Waals surface area contributed by atoms with Gasteiger partial charge >= 0.3 is 0 Å². The van der Waals surface area contributed by atoms with Crippen LogP contribution in [-0.2, 0) is 0 Å². The van der Waals surface area contributed by atoms with Gasteiger partial charge in [0.1, 0.15) is 17.3 Å². The molecule has 0 spiro atoms. The SMILES string of the molecule is Oc1cncc(-c2ccc3[nH]nc(-c4cc5c(-c6ccc(F)cc6)cccc5[nH]4)c3c2)c1. The zero-order valence-electron chi connectivity index (χ0n) is 16.8. The Morgan fingerprint density at radius 3 is 2.44 bits per heavy atom. The molecule has 0 amide bonds. The summed E-state index contributed by atoms with van der Waals surface area (Å²) in [5, 5.41) is 19.4. The molecule has 0 saturated heterocycles. The van der Waals surface area contributed by atoms with Crippen LogP contribution in [0.4, 0.5) is 4.39 Å². The van der Waals surface area contributed by atoms with Crippen LogP contribution in [0.1, 0.15) is 0 Å². The van der Waals surface area contributed by atoms with Crippen LogP contribution in [0.3, 0.4) is 0 Å². The fraction of sp³-hybridized carbons (Fsp3) is 0. The number of pyridine rings is 1. The summed E-state index contributed by atoms with van der Waals surface area (Å²) in [6, 6.07) is 22.3. The zero-order chi connectivity index (χ0) is 21.7. The first-order valence-electron chi connectivity index (χ1n) is 10.2. The second-order valence-corrected chi connectivity index (χ2v) is 7.72. The Balaban J connectivity index is 1.50. The van der Waals surface area contributed by atoms with Crippen LogP contribution in [-0.4, -0.2) is 25.3 Å². The monoisotopic (exact) mass is 420 g/mol. The predicted octanol–water partition coefficient (Wildman–Crippen LogP) is 6.28. The Kier molecular flexibility index (Phi) is 4.04. The fourth-order valence-corrected chi connectivity index (χ4v) is 4.15. The van der Waals surface area contributed by atoms with E-state index in [-0.39, 0.29) is 11.6 Å². The molecule has 6 heteroatoms. The van der Waals surface area contributed by atoms with Gasteiger partial charge in [-0.15, -0.1) is 0 Å². The van der Waals surface area contributed by atoms with Gasteiger partial charge in [0.15, 0.2) is 0 Å². The van der Waals surface area contributed by atoms with Crippen LogP contribution in [0.25, 0.3) is 55.4 Å². The summed E-state index contributed by atoms with van der Waals surface area (Å²) < 4.78 is 13.4. The second-order valence-electron chi connectivity index (χ2n) is 7.72. The summed E-state index contributed by atoms with van der Waals surface area (Å²) in [5.41, 5.74) is 7.31.